The van der Waals surface area contributed by atoms with E-state index in [0.29, 0.717) is 18.0 Å². The van der Waals surface area contributed by atoms with Gasteiger partial charge in [0.15, 0.2) is 0 Å². The summed E-state index contributed by atoms with van der Waals surface area (Å²) in [6.45, 7) is 3.94. The molecule has 118 valence electrons. The van der Waals surface area contributed by atoms with Gasteiger partial charge in [-0.2, -0.15) is 0 Å². The van der Waals surface area contributed by atoms with Gasteiger partial charge in [-0.3, -0.25) is 0 Å². The number of hydrogen-bond acceptors (Lipinski definition) is 6. The zero-order valence-corrected chi connectivity index (χ0v) is 14.0. The lowest BCUT2D eigenvalue weighted by molar-refractivity contribution is 0.0602. The van der Waals surface area contributed by atoms with Gasteiger partial charge in [0, 0.05) is 13.1 Å². The van der Waals surface area contributed by atoms with Crippen molar-refractivity contribution >= 4 is 27.3 Å². The van der Waals surface area contributed by atoms with E-state index in [1.165, 1.54) is 7.11 Å². The van der Waals surface area contributed by atoms with Crippen LogP contribution < -0.4 is 4.72 Å². The van der Waals surface area contributed by atoms with Gasteiger partial charge >= 0.3 is 5.97 Å². The molecule has 6 nitrogen and oxygen atoms in total. The Morgan fingerprint density at radius 2 is 2.29 bits per heavy atom. The summed E-state index contributed by atoms with van der Waals surface area (Å²) in [5, 5.41) is 1.66. The third-order valence-corrected chi connectivity index (χ3v) is 6.43. The number of nitrogens with zero attached hydrogens (tertiary/aromatic N) is 1. The van der Waals surface area contributed by atoms with Crippen LogP contribution in [0.3, 0.4) is 0 Å². The summed E-state index contributed by atoms with van der Waals surface area (Å²) in [5.41, 5.74) is 0.566. The molecule has 0 spiro atoms. The third kappa shape index (κ3) is 3.63. The van der Waals surface area contributed by atoms with Crippen molar-refractivity contribution in [3.8, 4) is 0 Å². The summed E-state index contributed by atoms with van der Waals surface area (Å²) >= 11 is 1.09. The number of nitrogens with one attached hydrogen (secondary N) is 1. The van der Waals surface area contributed by atoms with Gasteiger partial charge in [-0.25, -0.2) is 17.9 Å². The van der Waals surface area contributed by atoms with Crippen LogP contribution in [0.1, 0.15) is 21.7 Å². The highest BCUT2D eigenvalue weighted by Gasteiger charge is 2.29. The SMILES string of the molecule is COC(=O)c1scc(C)c1S(=O)(=O)NCC1CCN(C)C1. The first kappa shape index (κ1) is 16.4. The molecule has 0 amide bonds. The zero-order chi connectivity index (χ0) is 15.6. The summed E-state index contributed by atoms with van der Waals surface area (Å²) in [6.07, 6.45) is 0.978. The van der Waals surface area contributed by atoms with Crippen LogP contribution in [0.5, 0.6) is 0 Å². The second-order valence-electron chi connectivity index (χ2n) is 5.34. The first-order valence-electron chi connectivity index (χ1n) is 6.69. The Balaban J connectivity index is 2.16. The van der Waals surface area contributed by atoms with E-state index in [1.54, 1.807) is 12.3 Å². The van der Waals surface area contributed by atoms with Crippen molar-refractivity contribution in [2.24, 2.45) is 5.92 Å². The van der Waals surface area contributed by atoms with Crippen molar-refractivity contribution in [2.75, 3.05) is 33.8 Å². The number of carbonyl (C=O) groups is 1. The minimum atomic E-state index is -3.70. The first-order valence-corrected chi connectivity index (χ1v) is 9.06. The van der Waals surface area contributed by atoms with Gasteiger partial charge in [-0.05, 0) is 43.8 Å². The zero-order valence-electron chi connectivity index (χ0n) is 12.4. The molecule has 0 saturated carbocycles. The number of likely N-dealkylation sites (tertiary alicyclic amines) is 1. The number of hydrogen-bond donors (Lipinski definition) is 1. The van der Waals surface area contributed by atoms with Crippen molar-refractivity contribution in [3.63, 3.8) is 0 Å². The molecule has 1 fully saturated rings. The number of thiophene rings is 1. The van der Waals surface area contributed by atoms with Gasteiger partial charge in [0.1, 0.15) is 9.77 Å². The first-order chi connectivity index (χ1) is 9.85. The maximum absolute atomic E-state index is 12.5. The van der Waals surface area contributed by atoms with Crippen LogP contribution in [0.15, 0.2) is 10.3 Å². The molecular weight excluding hydrogens is 312 g/mol. The number of aryl methyl sites for hydroxylation is 1. The van der Waals surface area contributed by atoms with Crippen LogP contribution in [0.25, 0.3) is 0 Å². The molecule has 2 heterocycles. The Hall–Kier alpha value is -0.960. The van der Waals surface area contributed by atoms with Gasteiger partial charge in [-0.15, -0.1) is 11.3 Å². The molecule has 0 radical (unpaired) electrons. The normalized spacial score (nSPS) is 19.9. The number of carbonyl (C=O) groups excluding carboxylic acids is 1. The molecule has 1 saturated heterocycles. The van der Waals surface area contributed by atoms with E-state index in [9.17, 15) is 13.2 Å². The number of methoxy groups -OCH3 is 1. The second kappa shape index (κ2) is 6.43. The Labute approximate surface area is 129 Å². The molecule has 1 unspecified atom stereocenters. The molecule has 8 heteroatoms. The van der Waals surface area contributed by atoms with Crippen molar-refractivity contribution < 1.29 is 17.9 Å². The molecule has 1 atom stereocenters. The monoisotopic (exact) mass is 332 g/mol. The Bertz CT molecular complexity index is 624. The third-order valence-electron chi connectivity index (χ3n) is 3.61. The van der Waals surface area contributed by atoms with Crippen LogP contribution in [-0.2, 0) is 14.8 Å². The van der Waals surface area contributed by atoms with Crippen molar-refractivity contribution in [2.45, 2.75) is 18.2 Å². The van der Waals surface area contributed by atoms with Crippen molar-refractivity contribution in [1.82, 2.24) is 9.62 Å². The minimum Gasteiger partial charge on any atom is -0.465 e. The Kier molecular flexibility index (Phi) is 5.03. The summed E-state index contributed by atoms with van der Waals surface area (Å²) in [4.78, 5) is 14.0. The lowest BCUT2D eigenvalue weighted by Gasteiger charge is -2.13. The van der Waals surface area contributed by atoms with E-state index in [1.807, 2.05) is 7.05 Å². The molecule has 21 heavy (non-hydrogen) atoms. The van der Waals surface area contributed by atoms with Crippen molar-refractivity contribution in [3.05, 3.63) is 15.8 Å². The average Bonchev–Trinajstić information content (AvgIpc) is 3.02. The largest absolute Gasteiger partial charge is 0.465 e. The fraction of sp³-hybridized carbons (Fsp3) is 0.615. The van der Waals surface area contributed by atoms with E-state index in [4.69, 9.17) is 0 Å². The smallest absolute Gasteiger partial charge is 0.349 e. The summed E-state index contributed by atoms with van der Waals surface area (Å²) < 4.78 is 32.2. The molecule has 2 rings (SSSR count). The molecule has 0 bridgehead atoms. The van der Waals surface area contributed by atoms with Crippen LogP contribution in [-0.4, -0.2) is 53.1 Å². The van der Waals surface area contributed by atoms with Crippen LogP contribution in [0.2, 0.25) is 0 Å². The minimum absolute atomic E-state index is 0.0469. The maximum atomic E-state index is 12.5. The molecule has 1 N–H and O–H groups in total. The predicted molar refractivity (Wildman–Crippen MR) is 81.2 cm³/mol. The van der Waals surface area contributed by atoms with Gasteiger partial charge in [0.05, 0.1) is 7.11 Å². The molecule has 0 aliphatic carbocycles. The Morgan fingerprint density at radius 3 is 2.86 bits per heavy atom. The Morgan fingerprint density at radius 1 is 1.57 bits per heavy atom. The summed E-state index contributed by atoms with van der Waals surface area (Å²) in [7, 11) is -0.431. The highest BCUT2D eigenvalue weighted by Crippen LogP contribution is 2.27. The predicted octanol–water partition coefficient (Wildman–Crippen LogP) is 1.07. The number of esters is 1. The molecule has 0 aromatic carbocycles. The van der Waals surface area contributed by atoms with Crippen LogP contribution in [0, 0.1) is 12.8 Å². The molecule has 1 aromatic heterocycles. The number of ether oxygens (including phenoxy) is 1. The lowest BCUT2D eigenvalue weighted by Crippen LogP contribution is -2.31. The van der Waals surface area contributed by atoms with Gasteiger partial charge in [0.2, 0.25) is 10.0 Å². The molecule has 1 aromatic rings. The molecular formula is C13H20N2O4S2. The summed E-state index contributed by atoms with van der Waals surface area (Å²) in [5.74, 6) is -0.306. The van der Waals surface area contributed by atoms with Gasteiger partial charge in [-0.1, -0.05) is 0 Å². The van der Waals surface area contributed by atoms with Crippen molar-refractivity contribution in [1.29, 1.82) is 0 Å². The standard InChI is InChI=1S/C13H20N2O4S2/c1-9-8-20-11(13(16)19-3)12(9)21(17,18)14-6-10-4-5-15(2)7-10/h8,10,14H,4-7H2,1-3H3. The van der Waals surface area contributed by atoms with E-state index in [-0.39, 0.29) is 9.77 Å². The maximum Gasteiger partial charge on any atom is 0.349 e. The van der Waals surface area contributed by atoms with E-state index in [0.717, 1.165) is 30.8 Å². The summed E-state index contributed by atoms with van der Waals surface area (Å²) in [6, 6.07) is 0. The topological polar surface area (TPSA) is 75.7 Å². The van der Waals surface area contributed by atoms with Crippen LogP contribution in [0.4, 0.5) is 0 Å². The van der Waals surface area contributed by atoms with Gasteiger partial charge in [0.25, 0.3) is 0 Å². The van der Waals surface area contributed by atoms with E-state index >= 15 is 0 Å². The highest BCUT2D eigenvalue weighted by atomic mass is 32.2. The fourth-order valence-corrected chi connectivity index (χ4v) is 5.31. The second-order valence-corrected chi connectivity index (χ2v) is 7.92. The van der Waals surface area contributed by atoms with Crippen LogP contribution >= 0.6 is 11.3 Å². The van der Waals surface area contributed by atoms with E-state index in [2.05, 4.69) is 14.4 Å². The quantitative estimate of drug-likeness (QED) is 0.817. The van der Waals surface area contributed by atoms with Gasteiger partial charge < -0.3 is 9.64 Å². The molecule has 1 aliphatic rings. The number of rotatable bonds is 5. The van der Waals surface area contributed by atoms with E-state index < -0.39 is 16.0 Å². The molecule has 1 aliphatic heterocycles. The fourth-order valence-electron chi connectivity index (χ4n) is 2.49. The average molecular weight is 332 g/mol. The lowest BCUT2D eigenvalue weighted by atomic mass is 10.1. The highest BCUT2D eigenvalue weighted by molar-refractivity contribution is 7.89. The number of sulfonamides is 1.